The van der Waals surface area contributed by atoms with E-state index in [1.54, 1.807) is 6.07 Å². The second-order valence-electron chi connectivity index (χ2n) is 4.52. The van der Waals surface area contributed by atoms with E-state index < -0.39 is 6.61 Å². The van der Waals surface area contributed by atoms with Crippen molar-refractivity contribution in [2.24, 2.45) is 7.05 Å². The summed E-state index contributed by atoms with van der Waals surface area (Å²) in [6, 6.07) is 4.68. The zero-order valence-electron chi connectivity index (χ0n) is 12.3. The molecular weight excluding hydrogens is 376 g/mol. The first-order valence-corrected chi connectivity index (χ1v) is 7.29. The predicted molar refractivity (Wildman–Crippen MR) is 84.1 cm³/mol. The third kappa shape index (κ3) is 4.19. The number of hydrogen-bond donors (Lipinski definition) is 1. The minimum absolute atomic E-state index is 0.0528. The third-order valence-corrected chi connectivity index (χ3v) is 3.77. The van der Waals surface area contributed by atoms with Crippen LogP contribution in [0.2, 0.25) is 0 Å². The van der Waals surface area contributed by atoms with Gasteiger partial charge in [0.1, 0.15) is 4.47 Å². The second-order valence-corrected chi connectivity index (χ2v) is 5.31. The normalized spacial score (nSPS) is 10.7. The Balaban J connectivity index is 2.18. The van der Waals surface area contributed by atoms with Gasteiger partial charge in [0.05, 0.1) is 19.0 Å². The van der Waals surface area contributed by atoms with Crippen LogP contribution in [-0.2, 0) is 13.6 Å². The molecule has 6 nitrogen and oxygen atoms in total. The minimum atomic E-state index is -2.94. The number of aromatic nitrogens is 2. The number of nitrogens with zero attached hydrogens (tertiary/aromatic N) is 2. The van der Waals surface area contributed by atoms with E-state index in [9.17, 15) is 13.6 Å². The number of rotatable bonds is 6. The van der Waals surface area contributed by atoms with E-state index in [2.05, 4.69) is 31.1 Å². The first-order chi connectivity index (χ1) is 10.9. The molecule has 1 aromatic carbocycles. The summed E-state index contributed by atoms with van der Waals surface area (Å²) in [5, 5.41) is 6.91. The summed E-state index contributed by atoms with van der Waals surface area (Å²) >= 11 is 3.19. The lowest BCUT2D eigenvalue weighted by atomic mass is 10.2. The summed E-state index contributed by atoms with van der Waals surface area (Å²) in [6.07, 6.45) is 1.49. The van der Waals surface area contributed by atoms with Crippen molar-refractivity contribution < 1.29 is 18.3 Å². The van der Waals surface area contributed by atoms with Crippen LogP contribution in [0.25, 0.3) is 0 Å². The van der Waals surface area contributed by atoms with E-state index in [1.165, 1.54) is 37.2 Å². The van der Waals surface area contributed by atoms with Gasteiger partial charge in [0.15, 0.2) is 11.5 Å². The van der Waals surface area contributed by atoms with Crippen LogP contribution >= 0.6 is 15.9 Å². The molecule has 0 aliphatic heterocycles. The maximum Gasteiger partial charge on any atom is 0.387 e. The molecule has 1 N–H and O–H groups in total. The van der Waals surface area contributed by atoms with Crippen LogP contribution in [0, 0.1) is 0 Å². The van der Waals surface area contributed by atoms with Crippen LogP contribution in [0.1, 0.15) is 5.56 Å². The average Bonchev–Trinajstić information content (AvgIpc) is 2.51. The zero-order valence-corrected chi connectivity index (χ0v) is 13.9. The van der Waals surface area contributed by atoms with Gasteiger partial charge in [-0.25, -0.2) is 4.68 Å². The molecule has 0 aliphatic carbocycles. The van der Waals surface area contributed by atoms with Crippen LogP contribution < -0.4 is 20.3 Å². The molecule has 0 aliphatic rings. The van der Waals surface area contributed by atoms with E-state index in [0.717, 1.165) is 0 Å². The molecule has 1 heterocycles. The topological polar surface area (TPSA) is 65.4 Å². The summed E-state index contributed by atoms with van der Waals surface area (Å²) < 4.78 is 35.7. The van der Waals surface area contributed by atoms with Crippen LogP contribution in [-0.4, -0.2) is 23.5 Å². The number of benzene rings is 1. The van der Waals surface area contributed by atoms with E-state index in [0.29, 0.717) is 15.7 Å². The fourth-order valence-electron chi connectivity index (χ4n) is 1.85. The second kappa shape index (κ2) is 7.40. The fourth-order valence-corrected chi connectivity index (χ4v) is 2.35. The number of anilines is 1. The van der Waals surface area contributed by atoms with Crippen molar-refractivity contribution in [2.45, 2.75) is 13.2 Å². The van der Waals surface area contributed by atoms with E-state index in [-0.39, 0.29) is 23.6 Å². The molecule has 0 radical (unpaired) electrons. The number of methoxy groups -OCH3 is 1. The summed E-state index contributed by atoms with van der Waals surface area (Å²) in [4.78, 5) is 11.8. The monoisotopic (exact) mass is 389 g/mol. The van der Waals surface area contributed by atoms with Gasteiger partial charge in [0, 0.05) is 13.6 Å². The van der Waals surface area contributed by atoms with Crippen LogP contribution in [0.5, 0.6) is 11.5 Å². The fraction of sp³-hybridized carbons (Fsp3) is 0.286. The highest BCUT2D eigenvalue weighted by atomic mass is 79.9. The van der Waals surface area contributed by atoms with Gasteiger partial charge in [-0.3, -0.25) is 4.79 Å². The minimum Gasteiger partial charge on any atom is -0.493 e. The number of ether oxygens (including phenoxy) is 2. The van der Waals surface area contributed by atoms with Crippen LogP contribution in [0.4, 0.5) is 14.5 Å². The molecular formula is C14H14BrF2N3O3. The number of hydrogen-bond acceptors (Lipinski definition) is 5. The highest BCUT2D eigenvalue weighted by Crippen LogP contribution is 2.30. The third-order valence-electron chi connectivity index (χ3n) is 3.01. The molecule has 0 amide bonds. The standard InChI is InChI=1S/C14H14BrF2N3O3/c1-20-13(21)12(15)9(7-19-20)18-6-8-3-4-10(22-2)11(5-8)23-14(16)17/h3-5,7,14,18H,6H2,1-2H3. The summed E-state index contributed by atoms with van der Waals surface area (Å²) in [5.74, 6) is 0.161. The predicted octanol–water partition coefficient (Wildman–Crippen LogP) is 2.76. The van der Waals surface area contributed by atoms with Crippen LogP contribution in [0.3, 0.4) is 0 Å². The molecule has 0 spiro atoms. The van der Waals surface area contributed by atoms with Gasteiger partial charge in [-0.05, 0) is 33.6 Å². The van der Waals surface area contributed by atoms with Gasteiger partial charge in [-0.1, -0.05) is 6.07 Å². The molecule has 23 heavy (non-hydrogen) atoms. The maximum atomic E-state index is 12.4. The Bertz CT molecular complexity index is 753. The summed E-state index contributed by atoms with van der Waals surface area (Å²) in [7, 11) is 2.91. The molecule has 0 saturated heterocycles. The lowest BCUT2D eigenvalue weighted by Crippen LogP contribution is -2.21. The van der Waals surface area contributed by atoms with E-state index >= 15 is 0 Å². The molecule has 2 aromatic rings. The van der Waals surface area contributed by atoms with Crippen molar-refractivity contribution in [1.82, 2.24) is 9.78 Å². The van der Waals surface area contributed by atoms with Crippen molar-refractivity contribution in [3.05, 3.63) is 44.8 Å². The number of aryl methyl sites for hydroxylation is 1. The molecule has 0 fully saturated rings. The highest BCUT2D eigenvalue weighted by Gasteiger charge is 2.12. The SMILES string of the molecule is COc1ccc(CNc2cnn(C)c(=O)c2Br)cc1OC(F)F. The lowest BCUT2D eigenvalue weighted by Gasteiger charge is -2.13. The zero-order chi connectivity index (χ0) is 17.0. The Morgan fingerprint density at radius 2 is 2.13 bits per heavy atom. The number of halogens is 3. The maximum absolute atomic E-state index is 12.4. The summed E-state index contributed by atoms with van der Waals surface area (Å²) in [5.41, 5.74) is 0.890. The van der Waals surface area contributed by atoms with E-state index in [4.69, 9.17) is 4.74 Å². The number of nitrogens with one attached hydrogen (secondary N) is 1. The van der Waals surface area contributed by atoms with Crippen molar-refractivity contribution >= 4 is 21.6 Å². The highest BCUT2D eigenvalue weighted by molar-refractivity contribution is 9.10. The van der Waals surface area contributed by atoms with Crippen molar-refractivity contribution in [3.63, 3.8) is 0 Å². The first-order valence-electron chi connectivity index (χ1n) is 6.49. The quantitative estimate of drug-likeness (QED) is 0.822. The molecule has 0 atom stereocenters. The van der Waals surface area contributed by atoms with E-state index in [1.807, 2.05) is 0 Å². The van der Waals surface area contributed by atoms with Crippen molar-refractivity contribution in [3.8, 4) is 11.5 Å². The van der Waals surface area contributed by atoms with Crippen molar-refractivity contribution in [1.29, 1.82) is 0 Å². The Morgan fingerprint density at radius 3 is 2.78 bits per heavy atom. The molecule has 2 rings (SSSR count). The Labute approximate surface area is 139 Å². The molecule has 0 saturated carbocycles. The largest absolute Gasteiger partial charge is 0.493 e. The first kappa shape index (κ1) is 17.2. The Kier molecular flexibility index (Phi) is 5.54. The van der Waals surface area contributed by atoms with Gasteiger partial charge in [0.25, 0.3) is 5.56 Å². The van der Waals surface area contributed by atoms with Crippen molar-refractivity contribution in [2.75, 3.05) is 12.4 Å². The molecule has 1 aromatic heterocycles. The Morgan fingerprint density at radius 1 is 1.39 bits per heavy atom. The smallest absolute Gasteiger partial charge is 0.387 e. The van der Waals surface area contributed by atoms with Gasteiger partial charge in [-0.2, -0.15) is 13.9 Å². The molecule has 0 unspecified atom stereocenters. The molecule has 124 valence electrons. The molecule has 0 bridgehead atoms. The van der Waals surface area contributed by atoms with Gasteiger partial charge in [0.2, 0.25) is 0 Å². The Hall–Kier alpha value is -2.16. The van der Waals surface area contributed by atoms with Gasteiger partial charge >= 0.3 is 6.61 Å². The van der Waals surface area contributed by atoms with Gasteiger partial charge in [-0.15, -0.1) is 0 Å². The summed E-state index contributed by atoms with van der Waals surface area (Å²) in [6.45, 7) is -2.65. The van der Waals surface area contributed by atoms with Gasteiger partial charge < -0.3 is 14.8 Å². The number of alkyl halides is 2. The lowest BCUT2D eigenvalue weighted by molar-refractivity contribution is -0.0512. The average molecular weight is 390 g/mol. The van der Waals surface area contributed by atoms with Crippen LogP contribution in [0.15, 0.2) is 33.7 Å². The molecule has 9 heteroatoms.